The van der Waals surface area contributed by atoms with Crippen LogP contribution < -0.4 is 11.2 Å². The van der Waals surface area contributed by atoms with Crippen LogP contribution in [-0.2, 0) is 6.54 Å². The van der Waals surface area contributed by atoms with Crippen LogP contribution in [0.25, 0.3) is 0 Å². The van der Waals surface area contributed by atoms with Crippen LogP contribution in [-0.4, -0.2) is 15.3 Å². The predicted molar refractivity (Wildman–Crippen MR) is 73.2 cm³/mol. The molecule has 0 unspecified atom stereocenters. The Hall–Kier alpha value is -1.75. The van der Waals surface area contributed by atoms with Crippen molar-refractivity contribution in [3.63, 3.8) is 0 Å². The van der Waals surface area contributed by atoms with Crippen molar-refractivity contribution in [3.05, 3.63) is 62.9 Å². The summed E-state index contributed by atoms with van der Waals surface area (Å²) >= 11 is 1.68. The molecular formula is C13H14N2O2S. The van der Waals surface area contributed by atoms with Crippen molar-refractivity contribution in [2.24, 2.45) is 0 Å². The number of rotatable bonds is 4. The van der Waals surface area contributed by atoms with Gasteiger partial charge in [-0.05, 0) is 19.1 Å². The molecule has 0 atom stereocenters. The zero-order valence-corrected chi connectivity index (χ0v) is 10.9. The lowest BCUT2D eigenvalue weighted by Crippen LogP contribution is -2.31. The first kappa shape index (κ1) is 12.7. The largest absolute Gasteiger partial charge is 0.328 e. The molecule has 2 aromatic rings. The van der Waals surface area contributed by atoms with Crippen molar-refractivity contribution in [3.8, 4) is 0 Å². The van der Waals surface area contributed by atoms with Gasteiger partial charge in [0.2, 0.25) is 0 Å². The molecule has 0 amide bonds. The van der Waals surface area contributed by atoms with Gasteiger partial charge in [-0.1, -0.05) is 18.2 Å². The van der Waals surface area contributed by atoms with Crippen molar-refractivity contribution in [1.29, 1.82) is 0 Å². The molecule has 1 aromatic carbocycles. The van der Waals surface area contributed by atoms with Gasteiger partial charge in [0.15, 0.2) is 0 Å². The van der Waals surface area contributed by atoms with Gasteiger partial charge in [0.1, 0.15) is 0 Å². The molecule has 1 heterocycles. The minimum Gasteiger partial charge on any atom is -0.299 e. The minimum atomic E-state index is -0.348. The number of benzene rings is 1. The molecule has 18 heavy (non-hydrogen) atoms. The molecule has 2 rings (SSSR count). The standard InChI is InChI=1S/C13H14N2O2S/c1-10-9-15(13(17)14-12(10)16)7-8-18-11-5-3-2-4-6-11/h2-6,9H,7-8H2,1H3,(H,14,16,17). The van der Waals surface area contributed by atoms with Crippen LogP contribution in [0.4, 0.5) is 0 Å². The van der Waals surface area contributed by atoms with Gasteiger partial charge < -0.3 is 0 Å². The highest BCUT2D eigenvalue weighted by Gasteiger charge is 2.00. The molecule has 0 fully saturated rings. The van der Waals surface area contributed by atoms with Crippen LogP contribution in [0.1, 0.15) is 5.56 Å². The van der Waals surface area contributed by atoms with E-state index in [4.69, 9.17) is 0 Å². The molecule has 1 aromatic heterocycles. The smallest absolute Gasteiger partial charge is 0.299 e. The predicted octanol–water partition coefficient (Wildman–Crippen LogP) is 1.64. The molecule has 0 saturated carbocycles. The molecule has 0 aliphatic carbocycles. The van der Waals surface area contributed by atoms with E-state index in [9.17, 15) is 9.59 Å². The van der Waals surface area contributed by atoms with Crippen molar-refractivity contribution >= 4 is 11.8 Å². The Balaban J connectivity index is 2.01. The summed E-state index contributed by atoms with van der Waals surface area (Å²) in [5, 5.41) is 0. The Labute approximate surface area is 109 Å². The van der Waals surface area contributed by atoms with Gasteiger partial charge in [-0.3, -0.25) is 14.3 Å². The van der Waals surface area contributed by atoms with E-state index < -0.39 is 0 Å². The lowest BCUT2D eigenvalue weighted by Gasteiger charge is -2.05. The van der Waals surface area contributed by atoms with Gasteiger partial charge in [0.05, 0.1) is 0 Å². The van der Waals surface area contributed by atoms with Crippen LogP contribution in [0.5, 0.6) is 0 Å². The first-order valence-electron chi connectivity index (χ1n) is 5.65. The minimum absolute atomic E-state index is 0.313. The van der Waals surface area contributed by atoms with E-state index in [0.717, 1.165) is 5.75 Å². The number of aryl methyl sites for hydroxylation is 2. The Morgan fingerprint density at radius 2 is 1.94 bits per heavy atom. The first-order chi connectivity index (χ1) is 8.66. The third kappa shape index (κ3) is 3.13. The second kappa shape index (κ2) is 5.73. The molecule has 0 spiro atoms. The van der Waals surface area contributed by atoms with Crippen LogP contribution in [0.15, 0.2) is 51.0 Å². The first-order valence-corrected chi connectivity index (χ1v) is 6.63. The Morgan fingerprint density at radius 1 is 1.22 bits per heavy atom. The fraction of sp³-hybridized carbons (Fsp3) is 0.231. The molecular weight excluding hydrogens is 248 g/mol. The molecule has 1 N–H and O–H groups in total. The number of nitrogens with one attached hydrogen (secondary N) is 1. The summed E-state index contributed by atoms with van der Waals surface area (Å²) in [4.78, 5) is 26.2. The second-order valence-electron chi connectivity index (χ2n) is 3.93. The molecule has 0 bridgehead atoms. The molecule has 4 nitrogen and oxygen atoms in total. The number of aromatic nitrogens is 2. The Morgan fingerprint density at radius 3 is 2.67 bits per heavy atom. The van der Waals surface area contributed by atoms with Gasteiger partial charge in [0, 0.05) is 29.0 Å². The van der Waals surface area contributed by atoms with Crippen molar-refractivity contribution < 1.29 is 0 Å². The van der Waals surface area contributed by atoms with E-state index in [2.05, 4.69) is 4.98 Å². The zero-order valence-electron chi connectivity index (χ0n) is 10.1. The zero-order chi connectivity index (χ0) is 13.0. The number of aromatic amines is 1. The van der Waals surface area contributed by atoms with Gasteiger partial charge in [0.25, 0.3) is 5.56 Å². The van der Waals surface area contributed by atoms with Crippen LogP contribution >= 0.6 is 11.8 Å². The van der Waals surface area contributed by atoms with Gasteiger partial charge in [-0.2, -0.15) is 0 Å². The molecule has 5 heteroatoms. The highest BCUT2D eigenvalue weighted by atomic mass is 32.2. The maximum atomic E-state index is 11.5. The normalized spacial score (nSPS) is 10.5. The van der Waals surface area contributed by atoms with E-state index in [0.29, 0.717) is 12.1 Å². The summed E-state index contributed by atoms with van der Waals surface area (Å²) in [6.45, 7) is 2.27. The van der Waals surface area contributed by atoms with Crippen LogP contribution in [0.2, 0.25) is 0 Å². The number of hydrogen-bond acceptors (Lipinski definition) is 3. The van der Waals surface area contributed by atoms with Gasteiger partial charge in [-0.15, -0.1) is 11.8 Å². The van der Waals surface area contributed by atoms with E-state index in [1.165, 1.54) is 9.46 Å². The monoisotopic (exact) mass is 262 g/mol. The quantitative estimate of drug-likeness (QED) is 0.852. The van der Waals surface area contributed by atoms with E-state index in [1.807, 2.05) is 30.3 Å². The summed E-state index contributed by atoms with van der Waals surface area (Å²) in [6.07, 6.45) is 1.60. The second-order valence-corrected chi connectivity index (χ2v) is 5.09. The van der Waals surface area contributed by atoms with Crippen molar-refractivity contribution in [2.45, 2.75) is 18.4 Å². The maximum absolute atomic E-state index is 11.5. The van der Waals surface area contributed by atoms with E-state index >= 15 is 0 Å². The van der Waals surface area contributed by atoms with Gasteiger partial charge in [-0.25, -0.2) is 4.79 Å². The summed E-state index contributed by atoms with van der Waals surface area (Å²) < 4.78 is 1.53. The summed E-state index contributed by atoms with van der Waals surface area (Å²) in [5.41, 5.74) is -0.106. The summed E-state index contributed by atoms with van der Waals surface area (Å²) in [7, 11) is 0. The highest BCUT2D eigenvalue weighted by Crippen LogP contribution is 2.16. The van der Waals surface area contributed by atoms with Crippen LogP contribution in [0.3, 0.4) is 0 Å². The van der Waals surface area contributed by atoms with E-state index in [1.54, 1.807) is 24.9 Å². The average molecular weight is 262 g/mol. The van der Waals surface area contributed by atoms with E-state index in [-0.39, 0.29) is 11.2 Å². The summed E-state index contributed by atoms with van der Waals surface area (Å²) in [6, 6.07) is 10.0. The van der Waals surface area contributed by atoms with Crippen molar-refractivity contribution in [1.82, 2.24) is 9.55 Å². The third-order valence-corrected chi connectivity index (χ3v) is 3.53. The van der Waals surface area contributed by atoms with Crippen LogP contribution in [0, 0.1) is 6.92 Å². The maximum Gasteiger partial charge on any atom is 0.328 e. The lowest BCUT2D eigenvalue weighted by molar-refractivity contribution is 0.694. The number of nitrogens with zero attached hydrogens (tertiary/aromatic N) is 1. The highest BCUT2D eigenvalue weighted by molar-refractivity contribution is 7.99. The molecule has 0 aliphatic heterocycles. The number of H-pyrrole nitrogens is 1. The fourth-order valence-corrected chi connectivity index (χ4v) is 2.44. The fourth-order valence-electron chi connectivity index (χ4n) is 1.56. The SMILES string of the molecule is Cc1cn(CCSc2ccccc2)c(=O)[nH]c1=O. The summed E-state index contributed by atoms with van der Waals surface area (Å²) in [5.74, 6) is 0.787. The average Bonchev–Trinajstić information content (AvgIpc) is 2.37. The molecule has 94 valence electrons. The topological polar surface area (TPSA) is 54.9 Å². The molecule has 0 radical (unpaired) electrons. The van der Waals surface area contributed by atoms with Crippen molar-refractivity contribution in [2.75, 3.05) is 5.75 Å². The Bertz CT molecular complexity index is 631. The number of thioether (sulfide) groups is 1. The Kier molecular flexibility index (Phi) is 4.04. The van der Waals surface area contributed by atoms with Gasteiger partial charge >= 0.3 is 5.69 Å². The third-order valence-electron chi connectivity index (χ3n) is 2.53. The molecule has 0 aliphatic rings. The molecule has 0 saturated heterocycles. The number of hydrogen-bond donors (Lipinski definition) is 1. The lowest BCUT2D eigenvalue weighted by atomic mass is 10.4.